The van der Waals surface area contributed by atoms with Gasteiger partial charge in [-0.3, -0.25) is 9.36 Å². The van der Waals surface area contributed by atoms with E-state index in [1.54, 1.807) is 15.9 Å². The summed E-state index contributed by atoms with van der Waals surface area (Å²) in [5.74, 6) is 0.966. The molecule has 2 aliphatic rings. The molecule has 0 spiro atoms. The molecule has 0 radical (unpaired) electrons. The Morgan fingerprint density at radius 3 is 3.12 bits per heavy atom. The van der Waals surface area contributed by atoms with Gasteiger partial charge in [0.15, 0.2) is 5.16 Å². The lowest BCUT2D eigenvalue weighted by atomic mass is 9.89. The minimum absolute atomic E-state index is 0.0491. The number of aromatic nitrogens is 2. The van der Waals surface area contributed by atoms with Crippen molar-refractivity contribution >= 4 is 33.3 Å². The molecule has 5 nitrogen and oxygen atoms in total. The Morgan fingerprint density at radius 2 is 2.36 bits per heavy atom. The third-order valence-corrected chi connectivity index (χ3v) is 7.05. The van der Waals surface area contributed by atoms with Crippen molar-refractivity contribution < 1.29 is 4.74 Å². The molecule has 2 aromatic heterocycles. The first-order valence-electron chi connectivity index (χ1n) is 8.83. The van der Waals surface area contributed by atoms with Crippen molar-refractivity contribution in [2.75, 3.05) is 12.4 Å². The summed E-state index contributed by atoms with van der Waals surface area (Å²) in [5.41, 5.74) is 1.27. The molecule has 7 heteroatoms. The van der Waals surface area contributed by atoms with Crippen molar-refractivity contribution in [2.45, 2.75) is 56.8 Å². The van der Waals surface area contributed by atoms with E-state index in [2.05, 4.69) is 13.0 Å². The number of fused-ring (bicyclic) bond motifs is 3. The summed E-state index contributed by atoms with van der Waals surface area (Å²) in [7, 11) is 0. The fourth-order valence-corrected chi connectivity index (χ4v) is 5.86. The number of hydrogen-bond acceptors (Lipinski definition) is 6. The van der Waals surface area contributed by atoms with E-state index in [-0.39, 0.29) is 11.7 Å². The molecular weight excluding hydrogens is 354 g/mol. The highest BCUT2D eigenvalue weighted by Gasteiger charge is 2.26. The highest BCUT2D eigenvalue weighted by molar-refractivity contribution is 7.99. The maximum atomic E-state index is 13.3. The summed E-state index contributed by atoms with van der Waals surface area (Å²) in [4.78, 5) is 20.2. The van der Waals surface area contributed by atoms with E-state index < -0.39 is 0 Å². The molecule has 0 amide bonds. The number of nitriles is 1. The lowest BCUT2D eigenvalue weighted by Gasteiger charge is -2.18. The van der Waals surface area contributed by atoms with E-state index in [0.29, 0.717) is 23.4 Å². The monoisotopic (exact) mass is 375 g/mol. The Balaban J connectivity index is 1.83. The fraction of sp³-hybridized carbons (Fsp3) is 0.611. The van der Waals surface area contributed by atoms with Crippen LogP contribution in [0.5, 0.6) is 0 Å². The predicted molar refractivity (Wildman–Crippen MR) is 100 cm³/mol. The molecule has 2 aromatic rings. The van der Waals surface area contributed by atoms with Gasteiger partial charge in [-0.2, -0.15) is 5.26 Å². The molecule has 0 unspecified atom stereocenters. The zero-order chi connectivity index (χ0) is 17.4. The Labute approximate surface area is 155 Å². The summed E-state index contributed by atoms with van der Waals surface area (Å²) < 4.78 is 7.49. The molecule has 0 aromatic carbocycles. The maximum absolute atomic E-state index is 13.3. The molecule has 132 valence electrons. The first-order chi connectivity index (χ1) is 12.2. The molecule has 3 heterocycles. The number of ether oxygens (including phenoxy) is 1. The molecule has 25 heavy (non-hydrogen) atoms. The number of rotatable bonds is 4. The first kappa shape index (κ1) is 17.1. The molecule has 0 saturated carbocycles. The molecule has 0 bridgehead atoms. The molecule has 0 N–H and O–H groups in total. The Kier molecular flexibility index (Phi) is 4.85. The molecular formula is C18H21N3O2S2. The highest BCUT2D eigenvalue weighted by Crippen LogP contribution is 2.36. The molecule has 1 saturated heterocycles. The smallest absolute Gasteiger partial charge is 0.263 e. The number of thiophene rings is 1. The maximum Gasteiger partial charge on any atom is 0.263 e. The summed E-state index contributed by atoms with van der Waals surface area (Å²) in [6.45, 7) is 3.57. The van der Waals surface area contributed by atoms with Gasteiger partial charge < -0.3 is 4.74 Å². The van der Waals surface area contributed by atoms with Crippen LogP contribution in [0.25, 0.3) is 10.2 Å². The summed E-state index contributed by atoms with van der Waals surface area (Å²) in [5, 5.41) is 10.4. The van der Waals surface area contributed by atoms with Crippen LogP contribution in [0.15, 0.2) is 9.95 Å². The molecule has 4 rings (SSSR count). The van der Waals surface area contributed by atoms with Gasteiger partial charge in [-0.05, 0) is 43.6 Å². The van der Waals surface area contributed by atoms with Gasteiger partial charge >= 0.3 is 0 Å². The van der Waals surface area contributed by atoms with E-state index in [0.717, 1.165) is 48.9 Å². The topological polar surface area (TPSA) is 67.9 Å². The number of aryl methyl sites for hydroxylation is 1. The van der Waals surface area contributed by atoms with E-state index >= 15 is 0 Å². The number of nitrogens with zero attached hydrogens (tertiary/aromatic N) is 3. The van der Waals surface area contributed by atoms with Gasteiger partial charge in [0.05, 0.1) is 29.9 Å². The Bertz CT molecular complexity index is 890. The van der Waals surface area contributed by atoms with Crippen LogP contribution in [0.2, 0.25) is 0 Å². The normalized spacial score (nSPS) is 22.9. The van der Waals surface area contributed by atoms with Gasteiger partial charge in [-0.25, -0.2) is 4.98 Å². The minimum Gasteiger partial charge on any atom is -0.376 e. The number of thioether (sulfide) groups is 1. The van der Waals surface area contributed by atoms with E-state index in [4.69, 9.17) is 15.0 Å². The molecule has 1 aliphatic heterocycles. The SMILES string of the molecule is C[C@@H]1CCc2c(sc3nc(SCC#N)n(C[C@@H]4CCCO4)c(=O)c23)C1. The van der Waals surface area contributed by atoms with E-state index in [9.17, 15) is 4.79 Å². The third kappa shape index (κ3) is 3.23. The van der Waals surface area contributed by atoms with Gasteiger partial charge in [-0.1, -0.05) is 18.7 Å². The second-order valence-electron chi connectivity index (χ2n) is 6.92. The largest absolute Gasteiger partial charge is 0.376 e. The van der Waals surface area contributed by atoms with Crippen LogP contribution in [0.3, 0.4) is 0 Å². The van der Waals surface area contributed by atoms with Crippen LogP contribution in [0, 0.1) is 17.2 Å². The van der Waals surface area contributed by atoms with Crippen molar-refractivity contribution in [3.63, 3.8) is 0 Å². The van der Waals surface area contributed by atoms with Gasteiger partial charge in [0.1, 0.15) is 4.83 Å². The van der Waals surface area contributed by atoms with Crippen molar-refractivity contribution in [3.8, 4) is 6.07 Å². The van der Waals surface area contributed by atoms with Crippen LogP contribution in [0.1, 0.15) is 36.6 Å². The average molecular weight is 376 g/mol. The highest BCUT2D eigenvalue weighted by atomic mass is 32.2. The second-order valence-corrected chi connectivity index (χ2v) is 8.95. The van der Waals surface area contributed by atoms with Crippen LogP contribution < -0.4 is 5.56 Å². The van der Waals surface area contributed by atoms with Crippen molar-refractivity contribution in [1.82, 2.24) is 9.55 Å². The van der Waals surface area contributed by atoms with Crippen LogP contribution >= 0.6 is 23.1 Å². The zero-order valence-corrected chi connectivity index (χ0v) is 15.9. The van der Waals surface area contributed by atoms with Crippen LogP contribution in [-0.4, -0.2) is 28.0 Å². The Morgan fingerprint density at radius 1 is 1.48 bits per heavy atom. The van der Waals surface area contributed by atoms with Crippen molar-refractivity contribution in [1.29, 1.82) is 5.26 Å². The second kappa shape index (κ2) is 7.10. The zero-order valence-electron chi connectivity index (χ0n) is 14.3. The summed E-state index contributed by atoms with van der Waals surface area (Å²) in [6.07, 6.45) is 5.25. The lowest BCUT2D eigenvalue weighted by molar-refractivity contribution is 0.0937. The van der Waals surface area contributed by atoms with Crippen LogP contribution in [-0.2, 0) is 24.1 Å². The summed E-state index contributed by atoms with van der Waals surface area (Å²) >= 11 is 3.01. The fourth-order valence-electron chi connectivity index (χ4n) is 3.76. The molecule has 2 atom stereocenters. The lowest BCUT2D eigenvalue weighted by Crippen LogP contribution is -2.29. The molecule has 1 fully saturated rings. The predicted octanol–water partition coefficient (Wildman–Crippen LogP) is 3.38. The summed E-state index contributed by atoms with van der Waals surface area (Å²) in [6, 6.07) is 2.14. The quantitative estimate of drug-likeness (QED) is 0.605. The van der Waals surface area contributed by atoms with Gasteiger partial charge in [0.2, 0.25) is 0 Å². The standard InChI is InChI=1S/C18H21N3O2S2/c1-11-4-5-13-14(9-11)25-16-15(13)17(22)21(10-12-3-2-7-23-12)18(20-16)24-8-6-19/h11-12H,2-5,7-10H2,1H3/t11-,12+/m1/s1. The van der Waals surface area contributed by atoms with Gasteiger partial charge in [-0.15, -0.1) is 11.3 Å². The van der Waals surface area contributed by atoms with Crippen molar-refractivity contribution in [2.24, 2.45) is 5.92 Å². The first-order valence-corrected chi connectivity index (χ1v) is 10.6. The number of hydrogen-bond donors (Lipinski definition) is 0. The van der Waals surface area contributed by atoms with Gasteiger partial charge in [0, 0.05) is 11.5 Å². The Hall–Kier alpha value is -1.36. The third-order valence-electron chi connectivity index (χ3n) is 5.06. The van der Waals surface area contributed by atoms with E-state index in [1.165, 1.54) is 22.2 Å². The van der Waals surface area contributed by atoms with Crippen LogP contribution in [0.4, 0.5) is 0 Å². The average Bonchev–Trinajstić information content (AvgIpc) is 3.22. The minimum atomic E-state index is 0.0491. The van der Waals surface area contributed by atoms with E-state index in [1.807, 2.05) is 0 Å². The van der Waals surface area contributed by atoms with Gasteiger partial charge in [0.25, 0.3) is 5.56 Å². The molecule has 1 aliphatic carbocycles. The van der Waals surface area contributed by atoms with Crippen molar-refractivity contribution in [3.05, 3.63) is 20.8 Å².